The van der Waals surface area contributed by atoms with Crippen LogP contribution < -0.4 is 10.2 Å². The number of anilines is 1. The number of carbonyl (C=O) groups excluding carboxylic acids is 2. The number of oxime groups is 1. The lowest BCUT2D eigenvalue weighted by molar-refractivity contribution is -0.122. The van der Waals surface area contributed by atoms with Crippen molar-refractivity contribution in [1.29, 1.82) is 0 Å². The number of hydrogen-bond donors (Lipinski definition) is 1. The minimum Gasteiger partial charge on any atom is -0.392 e. The van der Waals surface area contributed by atoms with Gasteiger partial charge in [0, 0.05) is 17.4 Å². The van der Waals surface area contributed by atoms with Crippen molar-refractivity contribution in [3.05, 3.63) is 29.3 Å². The molecule has 4 rings (SSSR count). The predicted molar refractivity (Wildman–Crippen MR) is 90.1 cm³/mol. The van der Waals surface area contributed by atoms with E-state index in [0.29, 0.717) is 23.6 Å². The Balaban J connectivity index is 1.60. The normalized spacial score (nSPS) is 31.2. The van der Waals surface area contributed by atoms with Crippen molar-refractivity contribution in [3.8, 4) is 0 Å². The molecule has 1 saturated heterocycles. The molecular formula is C17H18ClN3O3. The van der Waals surface area contributed by atoms with E-state index in [-0.39, 0.29) is 17.9 Å². The molecule has 2 fully saturated rings. The molecule has 7 heteroatoms. The molecule has 24 heavy (non-hydrogen) atoms. The first-order valence-corrected chi connectivity index (χ1v) is 8.57. The molecule has 1 spiro atoms. The van der Waals surface area contributed by atoms with Gasteiger partial charge < -0.3 is 10.2 Å². The molecule has 1 saturated carbocycles. The molecule has 0 aromatic heterocycles. The van der Waals surface area contributed by atoms with Crippen molar-refractivity contribution in [2.75, 3.05) is 4.90 Å². The molecule has 1 aliphatic carbocycles. The highest BCUT2D eigenvalue weighted by Crippen LogP contribution is 2.45. The second-order valence-electron chi connectivity index (χ2n) is 6.62. The highest BCUT2D eigenvalue weighted by atomic mass is 35.5. The minimum atomic E-state index is -0.888. The topological polar surface area (TPSA) is 71.0 Å². The summed E-state index contributed by atoms with van der Waals surface area (Å²) in [6.45, 7) is 2.09. The van der Waals surface area contributed by atoms with Crippen LogP contribution in [0.5, 0.6) is 0 Å². The number of urea groups is 1. The average molecular weight is 348 g/mol. The van der Waals surface area contributed by atoms with Gasteiger partial charge in [-0.2, -0.15) is 0 Å². The summed E-state index contributed by atoms with van der Waals surface area (Å²) in [5.41, 5.74) is 0.645. The van der Waals surface area contributed by atoms with Gasteiger partial charge >= 0.3 is 6.03 Å². The summed E-state index contributed by atoms with van der Waals surface area (Å²) in [6, 6.07) is 6.29. The Morgan fingerprint density at radius 3 is 2.79 bits per heavy atom. The molecule has 2 aliphatic heterocycles. The number of fused-ring (bicyclic) bond motifs is 1. The zero-order chi connectivity index (χ0) is 16.9. The number of halogens is 1. The molecule has 126 valence electrons. The fraction of sp³-hybridized carbons (Fsp3) is 0.471. The SMILES string of the molecule is CCCC1=NO[C@H]2C[C@]3(C[C@@H]12)NC(=O)N(c1ccc(Cl)cc1)C3=O. The minimum absolute atomic E-state index is 0.111. The van der Waals surface area contributed by atoms with Crippen LogP contribution in [0, 0.1) is 5.92 Å². The lowest BCUT2D eigenvalue weighted by Gasteiger charge is -2.21. The lowest BCUT2D eigenvalue weighted by Crippen LogP contribution is -2.45. The van der Waals surface area contributed by atoms with E-state index in [1.807, 2.05) is 0 Å². The van der Waals surface area contributed by atoms with Crippen LogP contribution in [0.15, 0.2) is 29.4 Å². The summed E-state index contributed by atoms with van der Waals surface area (Å²) in [6.07, 6.45) is 2.73. The molecule has 0 bridgehead atoms. The van der Waals surface area contributed by atoms with Crippen LogP contribution in [0.3, 0.4) is 0 Å². The maximum atomic E-state index is 13.0. The van der Waals surface area contributed by atoms with Gasteiger partial charge in [0.05, 0.1) is 11.4 Å². The lowest BCUT2D eigenvalue weighted by atomic mass is 9.92. The third-order valence-electron chi connectivity index (χ3n) is 5.05. The van der Waals surface area contributed by atoms with Crippen LogP contribution in [0.1, 0.15) is 32.6 Å². The molecule has 0 unspecified atom stereocenters. The van der Waals surface area contributed by atoms with Crippen molar-refractivity contribution in [1.82, 2.24) is 5.32 Å². The third kappa shape index (κ3) is 2.20. The van der Waals surface area contributed by atoms with Crippen molar-refractivity contribution >= 4 is 34.9 Å². The first-order chi connectivity index (χ1) is 11.5. The van der Waals surface area contributed by atoms with E-state index in [2.05, 4.69) is 17.4 Å². The Bertz CT molecular complexity index is 733. The van der Waals surface area contributed by atoms with Crippen molar-refractivity contribution in [2.45, 2.75) is 44.2 Å². The molecule has 3 aliphatic rings. The van der Waals surface area contributed by atoms with Gasteiger partial charge in [0.15, 0.2) is 0 Å². The number of carbonyl (C=O) groups is 2. The van der Waals surface area contributed by atoms with Gasteiger partial charge in [-0.15, -0.1) is 0 Å². The van der Waals surface area contributed by atoms with Crippen molar-refractivity contribution in [2.24, 2.45) is 11.1 Å². The van der Waals surface area contributed by atoms with Gasteiger partial charge in [-0.1, -0.05) is 30.1 Å². The summed E-state index contributed by atoms with van der Waals surface area (Å²) in [7, 11) is 0. The van der Waals surface area contributed by atoms with Gasteiger partial charge in [0.1, 0.15) is 11.6 Å². The Morgan fingerprint density at radius 2 is 2.08 bits per heavy atom. The number of hydrogen-bond acceptors (Lipinski definition) is 4. The molecule has 0 radical (unpaired) electrons. The van der Waals surface area contributed by atoms with E-state index in [4.69, 9.17) is 16.4 Å². The average Bonchev–Trinajstić information content (AvgIpc) is 3.16. The van der Waals surface area contributed by atoms with Gasteiger partial charge in [0.2, 0.25) is 0 Å². The number of rotatable bonds is 3. The first kappa shape index (κ1) is 15.4. The van der Waals surface area contributed by atoms with Crippen LogP contribution in [0.2, 0.25) is 5.02 Å². The number of nitrogens with one attached hydrogen (secondary N) is 1. The van der Waals surface area contributed by atoms with Crippen LogP contribution in [0.25, 0.3) is 0 Å². The van der Waals surface area contributed by atoms with Crippen molar-refractivity contribution < 1.29 is 14.4 Å². The van der Waals surface area contributed by atoms with E-state index in [1.54, 1.807) is 24.3 Å². The number of imide groups is 1. The molecule has 2 heterocycles. The Kier molecular flexibility index (Phi) is 3.53. The Morgan fingerprint density at radius 1 is 1.33 bits per heavy atom. The van der Waals surface area contributed by atoms with Crippen LogP contribution >= 0.6 is 11.6 Å². The second-order valence-corrected chi connectivity index (χ2v) is 7.06. The van der Waals surface area contributed by atoms with Gasteiger partial charge in [0.25, 0.3) is 5.91 Å². The monoisotopic (exact) mass is 347 g/mol. The van der Waals surface area contributed by atoms with E-state index >= 15 is 0 Å². The summed E-state index contributed by atoms with van der Waals surface area (Å²) in [5, 5.41) is 7.62. The molecule has 1 aromatic rings. The van der Waals surface area contributed by atoms with Gasteiger partial charge in [-0.25, -0.2) is 9.69 Å². The molecule has 3 amide bonds. The first-order valence-electron chi connectivity index (χ1n) is 8.19. The fourth-order valence-electron chi connectivity index (χ4n) is 3.93. The highest BCUT2D eigenvalue weighted by Gasteiger charge is 2.61. The van der Waals surface area contributed by atoms with Crippen LogP contribution in [-0.2, 0) is 9.63 Å². The van der Waals surface area contributed by atoms with Gasteiger partial charge in [-0.3, -0.25) is 4.79 Å². The molecular weight excluding hydrogens is 330 g/mol. The fourth-order valence-corrected chi connectivity index (χ4v) is 4.06. The maximum absolute atomic E-state index is 13.0. The maximum Gasteiger partial charge on any atom is 0.329 e. The molecule has 6 nitrogen and oxygen atoms in total. The predicted octanol–water partition coefficient (Wildman–Crippen LogP) is 3.10. The van der Waals surface area contributed by atoms with Crippen molar-refractivity contribution in [3.63, 3.8) is 0 Å². The molecule has 3 atom stereocenters. The summed E-state index contributed by atoms with van der Waals surface area (Å²) in [5.74, 6) is -0.108. The van der Waals surface area contributed by atoms with Gasteiger partial charge in [-0.05, 0) is 37.1 Å². The highest BCUT2D eigenvalue weighted by molar-refractivity contribution is 6.31. The largest absolute Gasteiger partial charge is 0.392 e. The molecule has 1 aromatic carbocycles. The van der Waals surface area contributed by atoms with E-state index in [0.717, 1.165) is 18.6 Å². The standard InChI is InChI=1S/C17H18ClN3O3/c1-2-3-13-12-8-17(9-14(12)24-20-13)15(22)21(16(23)19-17)11-6-4-10(18)5-7-11/h4-7,12,14H,2-3,8-9H2,1H3,(H,19,23)/t12-,14-,17-/m0/s1. The summed E-state index contributed by atoms with van der Waals surface area (Å²) in [4.78, 5) is 32.2. The van der Waals surface area contributed by atoms with Crippen LogP contribution in [-0.4, -0.2) is 29.3 Å². The Hall–Kier alpha value is -2.08. The number of benzene rings is 1. The Labute approximate surface area is 144 Å². The zero-order valence-electron chi connectivity index (χ0n) is 13.3. The number of amides is 3. The smallest absolute Gasteiger partial charge is 0.329 e. The quantitative estimate of drug-likeness (QED) is 0.854. The molecule has 1 N–H and O–H groups in total. The third-order valence-corrected chi connectivity index (χ3v) is 5.30. The number of nitrogens with zero attached hydrogens (tertiary/aromatic N) is 2. The summed E-state index contributed by atoms with van der Waals surface area (Å²) >= 11 is 5.89. The van der Waals surface area contributed by atoms with E-state index < -0.39 is 11.6 Å². The zero-order valence-corrected chi connectivity index (χ0v) is 14.0. The van der Waals surface area contributed by atoms with E-state index in [9.17, 15) is 9.59 Å². The van der Waals surface area contributed by atoms with E-state index in [1.165, 1.54) is 4.90 Å². The van der Waals surface area contributed by atoms with Crippen LogP contribution in [0.4, 0.5) is 10.5 Å². The summed E-state index contributed by atoms with van der Waals surface area (Å²) < 4.78 is 0. The second kappa shape index (κ2) is 5.48.